The maximum absolute atomic E-state index is 3.57. The van der Waals surface area contributed by atoms with E-state index in [4.69, 9.17) is 0 Å². The van der Waals surface area contributed by atoms with Gasteiger partial charge in [0.25, 0.3) is 0 Å². The van der Waals surface area contributed by atoms with Crippen LogP contribution in [0.4, 0.5) is 0 Å². The van der Waals surface area contributed by atoms with E-state index in [1.165, 1.54) is 9.79 Å². The molecule has 94 valence electrons. The van der Waals surface area contributed by atoms with Crippen molar-refractivity contribution in [3.05, 3.63) is 54.3 Å². The molecule has 0 aromatic heterocycles. The van der Waals surface area contributed by atoms with Gasteiger partial charge in [0.15, 0.2) is 0 Å². The minimum atomic E-state index is 1.08. The van der Waals surface area contributed by atoms with Crippen LogP contribution in [0.1, 0.15) is 0 Å². The minimum absolute atomic E-state index is 1.08. The van der Waals surface area contributed by atoms with Gasteiger partial charge in [-0.3, -0.25) is 0 Å². The van der Waals surface area contributed by atoms with Crippen LogP contribution in [0.5, 0.6) is 0 Å². The van der Waals surface area contributed by atoms with Crippen LogP contribution in [0.3, 0.4) is 0 Å². The fourth-order valence-corrected chi connectivity index (χ4v) is 6.51. The first-order valence-corrected chi connectivity index (χ1v) is 10.1. The van der Waals surface area contributed by atoms with Crippen LogP contribution in [0.25, 0.3) is 0 Å². The van der Waals surface area contributed by atoms with Crippen molar-refractivity contribution < 1.29 is 0 Å². The quantitative estimate of drug-likeness (QED) is 0.374. The molecule has 18 heavy (non-hydrogen) atoms. The smallest absolute Gasteiger partial charge is 0.0331 e. The molecule has 0 aliphatic carbocycles. The Hall–Kier alpha value is 1.06. The van der Waals surface area contributed by atoms with Gasteiger partial charge in [-0.1, -0.05) is 53.4 Å². The molecule has 0 atom stereocenters. The molecule has 2 rings (SSSR count). The van der Waals surface area contributed by atoms with Gasteiger partial charge in [-0.15, -0.1) is 0 Å². The van der Waals surface area contributed by atoms with Gasteiger partial charge in [-0.25, -0.2) is 0 Å². The van der Waals surface area contributed by atoms with Crippen LogP contribution in [0, 0.1) is 0 Å². The molecule has 0 amide bonds. The van der Waals surface area contributed by atoms with Crippen LogP contribution < -0.4 is 0 Å². The first kappa shape index (κ1) is 15.4. The summed E-state index contributed by atoms with van der Waals surface area (Å²) >= 11 is 14.0. The van der Waals surface area contributed by atoms with Crippen molar-refractivity contribution >= 4 is 85.3 Å². The molecular weight excluding hydrogens is 528 g/mol. The van der Waals surface area contributed by atoms with Gasteiger partial charge in [-0.05, 0) is 68.3 Å². The molecule has 0 heterocycles. The van der Waals surface area contributed by atoms with Gasteiger partial charge in [0.05, 0.1) is 0 Å². The number of hydrogen-bond donors (Lipinski definition) is 0. The van der Waals surface area contributed by atoms with Crippen molar-refractivity contribution in [1.29, 1.82) is 0 Å². The second-order valence-corrected chi connectivity index (χ2v) is 9.07. The van der Waals surface area contributed by atoms with Gasteiger partial charge in [0.1, 0.15) is 0 Å². The normalized spacial score (nSPS) is 10.7. The van der Waals surface area contributed by atoms with E-state index in [9.17, 15) is 0 Å². The van der Waals surface area contributed by atoms with E-state index in [-0.39, 0.29) is 0 Å². The molecule has 0 bridgehead atoms. The Balaban J connectivity index is 2.11. The standard InChI is InChI=1S/C12H6Br4S2/c13-7-1-3-11(9(15)5-7)17-18-12-4-2-8(14)6-10(12)16/h1-6H. The van der Waals surface area contributed by atoms with E-state index < -0.39 is 0 Å². The number of benzene rings is 2. The van der Waals surface area contributed by atoms with Crippen LogP contribution in [-0.2, 0) is 0 Å². The Labute approximate surface area is 148 Å². The first-order valence-electron chi connectivity index (χ1n) is 4.81. The van der Waals surface area contributed by atoms with E-state index in [2.05, 4.69) is 88.0 Å². The molecular formula is C12H6Br4S2. The fraction of sp³-hybridized carbons (Fsp3) is 0. The van der Waals surface area contributed by atoms with Crippen LogP contribution in [0.15, 0.2) is 64.1 Å². The second-order valence-electron chi connectivity index (χ2n) is 3.32. The van der Waals surface area contributed by atoms with Gasteiger partial charge >= 0.3 is 0 Å². The summed E-state index contributed by atoms with van der Waals surface area (Å²) in [4.78, 5) is 2.41. The van der Waals surface area contributed by atoms with Gasteiger partial charge in [0, 0.05) is 27.7 Å². The number of halogens is 4. The topological polar surface area (TPSA) is 0 Å². The van der Waals surface area contributed by atoms with Crippen molar-refractivity contribution in [2.24, 2.45) is 0 Å². The third-order valence-electron chi connectivity index (χ3n) is 2.01. The molecule has 0 aliphatic rings. The lowest BCUT2D eigenvalue weighted by Gasteiger charge is -2.06. The summed E-state index contributed by atoms with van der Waals surface area (Å²) in [6.07, 6.45) is 0. The third-order valence-corrected chi connectivity index (χ3v) is 7.31. The maximum Gasteiger partial charge on any atom is 0.0331 e. The van der Waals surface area contributed by atoms with Crippen LogP contribution in [-0.4, -0.2) is 0 Å². The number of hydrogen-bond acceptors (Lipinski definition) is 2. The highest BCUT2D eigenvalue weighted by Crippen LogP contribution is 2.44. The zero-order valence-electron chi connectivity index (χ0n) is 8.79. The summed E-state index contributed by atoms with van der Waals surface area (Å²) in [5, 5.41) is 0. The molecule has 0 N–H and O–H groups in total. The zero-order valence-corrected chi connectivity index (χ0v) is 16.8. The minimum Gasteiger partial charge on any atom is -0.0513 e. The van der Waals surface area contributed by atoms with E-state index >= 15 is 0 Å². The SMILES string of the molecule is Brc1ccc(SSc2ccc(Br)cc2Br)c(Br)c1. The molecule has 6 heteroatoms. The Morgan fingerprint density at radius 1 is 0.611 bits per heavy atom. The van der Waals surface area contributed by atoms with E-state index in [1.54, 1.807) is 21.6 Å². The molecule has 2 aromatic carbocycles. The molecule has 0 spiro atoms. The van der Waals surface area contributed by atoms with E-state index in [0.717, 1.165) is 17.9 Å². The summed E-state index contributed by atoms with van der Waals surface area (Å²) in [6.45, 7) is 0. The monoisotopic (exact) mass is 530 g/mol. The molecule has 0 saturated carbocycles. The van der Waals surface area contributed by atoms with Gasteiger partial charge in [0.2, 0.25) is 0 Å². The van der Waals surface area contributed by atoms with E-state index in [1.807, 2.05) is 12.1 Å². The largest absolute Gasteiger partial charge is 0.0513 e. The predicted molar refractivity (Wildman–Crippen MR) is 95.4 cm³/mol. The molecule has 0 aliphatic heterocycles. The summed E-state index contributed by atoms with van der Waals surface area (Å²) in [5.41, 5.74) is 0. The highest BCUT2D eigenvalue weighted by molar-refractivity contribution is 9.11. The molecule has 0 saturated heterocycles. The average molecular weight is 534 g/mol. The van der Waals surface area contributed by atoms with Crippen molar-refractivity contribution in [3.8, 4) is 0 Å². The van der Waals surface area contributed by atoms with Crippen molar-refractivity contribution in [1.82, 2.24) is 0 Å². The zero-order chi connectivity index (χ0) is 13.1. The van der Waals surface area contributed by atoms with Crippen molar-refractivity contribution in [2.45, 2.75) is 9.79 Å². The molecule has 2 aromatic rings. The highest BCUT2D eigenvalue weighted by atomic mass is 79.9. The Kier molecular flexibility index (Phi) is 6.16. The fourth-order valence-electron chi connectivity index (χ4n) is 1.18. The predicted octanol–water partition coefficient (Wildman–Crippen LogP) is 7.54. The van der Waals surface area contributed by atoms with Crippen molar-refractivity contribution in [3.63, 3.8) is 0 Å². The lowest BCUT2D eigenvalue weighted by Crippen LogP contribution is -1.75. The highest BCUT2D eigenvalue weighted by Gasteiger charge is 2.06. The third kappa shape index (κ3) is 4.28. The van der Waals surface area contributed by atoms with Gasteiger partial charge < -0.3 is 0 Å². The Bertz CT molecular complexity index is 520. The molecule has 0 radical (unpaired) electrons. The summed E-state index contributed by atoms with van der Waals surface area (Å²) in [7, 11) is 3.47. The number of rotatable bonds is 3. The summed E-state index contributed by atoms with van der Waals surface area (Å²) in [5.74, 6) is 0. The van der Waals surface area contributed by atoms with E-state index in [0.29, 0.717) is 0 Å². The Morgan fingerprint density at radius 2 is 1.00 bits per heavy atom. The second kappa shape index (κ2) is 7.18. The van der Waals surface area contributed by atoms with Crippen molar-refractivity contribution in [2.75, 3.05) is 0 Å². The first-order chi connectivity index (χ1) is 8.56. The summed E-state index contributed by atoms with van der Waals surface area (Å²) in [6, 6.07) is 12.4. The Morgan fingerprint density at radius 3 is 1.33 bits per heavy atom. The lowest BCUT2D eigenvalue weighted by molar-refractivity contribution is 1.39. The maximum atomic E-state index is 3.57. The summed E-state index contributed by atoms with van der Waals surface area (Å²) < 4.78 is 4.35. The lowest BCUT2D eigenvalue weighted by atomic mass is 10.4. The van der Waals surface area contributed by atoms with Crippen LogP contribution in [0.2, 0.25) is 0 Å². The molecule has 0 fully saturated rings. The average Bonchev–Trinajstić information content (AvgIpc) is 2.30. The van der Waals surface area contributed by atoms with Crippen LogP contribution >= 0.6 is 85.3 Å². The molecule has 0 nitrogen and oxygen atoms in total. The van der Waals surface area contributed by atoms with Gasteiger partial charge in [-0.2, -0.15) is 0 Å². The molecule has 0 unspecified atom stereocenters.